The maximum atomic E-state index is 13.7. The summed E-state index contributed by atoms with van der Waals surface area (Å²) in [6.07, 6.45) is 0. The van der Waals surface area contributed by atoms with Crippen molar-refractivity contribution in [1.29, 1.82) is 0 Å². The van der Waals surface area contributed by atoms with Gasteiger partial charge in [0.15, 0.2) is 5.82 Å². The van der Waals surface area contributed by atoms with E-state index in [1.54, 1.807) is 0 Å². The van der Waals surface area contributed by atoms with Crippen molar-refractivity contribution < 1.29 is 23.2 Å². The second-order valence-corrected chi connectivity index (χ2v) is 4.33. The van der Waals surface area contributed by atoms with E-state index in [2.05, 4.69) is 0 Å². The number of Topliss-reactive ketones (excluding diaryl/α,β-unsaturated/α-hetero) is 1. The third kappa shape index (κ3) is 2.07. The van der Waals surface area contributed by atoms with Crippen LogP contribution in [0.1, 0.15) is 17.3 Å². The molecule has 100 valence electrons. The molecule has 2 N–H and O–H groups in total. The Balaban J connectivity index is 2.47. The lowest BCUT2D eigenvalue weighted by Gasteiger charge is -2.19. The molecule has 0 aliphatic carbocycles. The molecule has 1 unspecified atom stereocenters. The fourth-order valence-electron chi connectivity index (χ4n) is 1.89. The van der Waals surface area contributed by atoms with E-state index in [1.807, 2.05) is 0 Å². The van der Waals surface area contributed by atoms with Crippen molar-refractivity contribution in [3.05, 3.63) is 29.3 Å². The van der Waals surface area contributed by atoms with Crippen molar-refractivity contribution in [2.24, 2.45) is 11.7 Å². The number of hydrogen-bond acceptors (Lipinski definition) is 3. The molecular weight excluding hydrogens is 258 g/mol. The highest BCUT2D eigenvalue weighted by Gasteiger charge is 2.39. The zero-order chi connectivity index (χ0) is 14.3. The molecule has 0 fully saturated rings. The topological polar surface area (TPSA) is 80.5 Å². The molecule has 0 aromatic heterocycles. The molecule has 5 nitrogen and oxygen atoms in total. The van der Waals surface area contributed by atoms with Crippen LogP contribution in [0.15, 0.2) is 12.1 Å². The zero-order valence-electron chi connectivity index (χ0n) is 9.94. The smallest absolute Gasteiger partial charge is 0.299 e. The summed E-state index contributed by atoms with van der Waals surface area (Å²) in [5.74, 6) is -5.39. The van der Waals surface area contributed by atoms with E-state index in [0.717, 1.165) is 11.0 Å². The number of benzene rings is 1. The van der Waals surface area contributed by atoms with Crippen molar-refractivity contribution in [2.45, 2.75) is 6.92 Å². The Labute approximate surface area is 107 Å². The number of nitrogens with two attached hydrogens (primary N) is 1. The van der Waals surface area contributed by atoms with Gasteiger partial charge in [-0.15, -0.1) is 0 Å². The summed E-state index contributed by atoms with van der Waals surface area (Å²) >= 11 is 0. The Morgan fingerprint density at radius 1 is 1.37 bits per heavy atom. The van der Waals surface area contributed by atoms with Gasteiger partial charge in [0, 0.05) is 12.6 Å². The maximum Gasteiger partial charge on any atom is 0.299 e. The molecule has 0 spiro atoms. The third-order valence-electron chi connectivity index (χ3n) is 2.92. The van der Waals surface area contributed by atoms with Gasteiger partial charge < -0.3 is 10.6 Å². The van der Waals surface area contributed by atoms with E-state index >= 15 is 0 Å². The lowest BCUT2D eigenvalue weighted by molar-refractivity contribution is -0.121. The predicted molar refractivity (Wildman–Crippen MR) is 61.4 cm³/mol. The number of halogens is 2. The van der Waals surface area contributed by atoms with Crippen LogP contribution in [-0.2, 0) is 9.59 Å². The van der Waals surface area contributed by atoms with Gasteiger partial charge in [0.1, 0.15) is 5.82 Å². The van der Waals surface area contributed by atoms with Crippen molar-refractivity contribution in [1.82, 2.24) is 0 Å². The van der Waals surface area contributed by atoms with Gasteiger partial charge in [-0.2, -0.15) is 0 Å². The summed E-state index contributed by atoms with van der Waals surface area (Å²) in [4.78, 5) is 35.1. The number of rotatable bonds is 3. The molecule has 0 saturated heterocycles. The highest BCUT2D eigenvalue weighted by molar-refractivity contribution is 6.52. The zero-order valence-corrected chi connectivity index (χ0v) is 9.94. The first kappa shape index (κ1) is 13.1. The molecule has 1 aromatic rings. The van der Waals surface area contributed by atoms with Crippen LogP contribution in [0.2, 0.25) is 0 Å². The van der Waals surface area contributed by atoms with Gasteiger partial charge in [-0.25, -0.2) is 8.78 Å². The molecule has 1 aliphatic rings. The molecule has 1 atom stereocenters. The first-order valence-electron chi connectivity index (χ1n) is 5.47. The lowest BCUT2D eigenvalue weighted by atomic mass is 10.1. The standard InChI is InChI=1S/C12H10F2N2O3/c1-5(11(15)18)4-16-9-7(10(17)12(16)19)2-6(13)3-8(9)14/h2-3,5H,4H2,1H3,(H2,15,18). The van der Waals surface area contributed by atoms with Crippen LogP contribution in [0.25, 0.3) is 0 Å². The summed E-state index contributed by atoms with van der Waals surface area (Å²) in [6, 6.07) is 1.38. The van der Waals surface area contributed by atoms with Crippen LogP contribution >= 0.6 is 0 Å². The summed E-state index contributed by atoms with van der Waals surface area (Å²) < 4.78 is 26.7. The number of nitrogens with zero attached hydrogens (tertiary/aromatic N) is 1. The Hall–Kier alpha value is -2.31. The monoisotopic (exact) mass is 268 g/mol. The Morgan fingerprint density at radius 3 is 2.58 bits per heavy atom. The molecule has 19 heavy (non-hydrogen) atoms. The minimum Gasteiger partial charge on any atom is -0.369 e. The minimum atomic E-state index is -1.02. The highest BCUT2D eigenvalue weighted by Crippen LogP contribution is 2.33. The van der Waals surface area contributed by atoms with Gasteiger partial charge in [0.2, 0.25) is 5.91 Å². The number of ketones is 1. The maximum absolute atomic E-state index is 13.7. The van der Waals surface area contributed by atoms with E-state index in [9.17, 15) is 23.2 Å². The van der Waals surface area contributed by atoms with E-state index in [-0.39, 0.29) is 17.8 Å². The van der Waals surface area contributed by atoms with E-state index in [0.29, 0.717) is 6.07 Å². The summed E-state index contributed by atoms with van der Waals surface area (Å²) in [7, 11) is 0. The molecule has 0 saturated carbocycles. The summed E-state index contributed by atoms with van der Waals surface area (Å²) in [5, 5.41) is 0. The Morgan fingerprint density at radius 2 is 2.00 bits per heavy atom. The second-order valence-electron chi connectivity index (χ2n) is 4.33. The molecular formula is C12H10F2N2O3. The number of fused-ring (bicyclic) bond motifs is 1. The van der Waals surface area contributed by atoms with Crippen LogP contribution in [-0.4, -0.2) is 24.1 Å². The number of anilines is 1. The van der Waals surface area contributed by atoms with Crippen LogP contribution in [0, 0.1) is 17.6 Å². The molecule has 1 aliphatic heterocycles. The van der Waals surface area contributed by atoms with Gasteiger partial charge >= 0.3 is 0 Å². The van der Waals surface area contributed by atoms with Crippen LogP contribution in [0.4, 0.5) is 14.5 Å². The molecule has 1 heterocycles. The SMILES string of the molecule is CC(CN1C(=O)C(=O)c2cc(F)cc(F)c21)C(N)=O. The van der Waals surface area contributed by atoms with Crippen LogP contribution < -0.4 is 10.6 Å². The molecule has 2 rings (SSSR count). The van der Waals surface area contributed by atoms with Gasteiger partial charge in [-0.05, 0) is 6.07 Å². The van der Waals surface area contributed by atoms with Crippen molar-refractivity contribution in [3.8, 4) is 0 Å². The van der Waals surface area contributed by atoms with Crippen molar-refractivity contribution in [3.63, 3.8) is 0 Å². The first-order chi connectivity index (χ1) is 8.82. The number of carbonyl (C=O) groups is 3. The highest BCUT2D eigenvalue weighted by atomic mass is 19.1. The second kappa shape index (κ2) is 4.42. The number of primary amides is 1. The fourth-order valence-corrected chi connectivity index (χ4v) is 1.89. The van der Waals surface area contributed by atoms with Gasteiger partial charge in [-0.3, -0.25) is 14.4 Å². The molecule has 0 bridgehead atoms. The Kier molecular flexibility index (Phi) is 3.05. The number of carbonyl (C=O) groups excluding carboxylic acids is 3. The van der Waals surface area contributed by atoms with Crippen LogP contribution in [0.3, 0.4) is 0 Å². The number of hydrogen-bond donors (Lipinski definition) is 1. The molecule has 2 amide bonds. The van der Waals surface area contributed by atoms with E-state index < -0.39 is 35.1 Å². The average molecular weight is 268 g/mol. The normalized spacial score (nSPS) is 15.6. The lowest BCUT2D eigenvalue weighted by Crippen LogP contribution is -2.38. The predicted octanol–water partition coefficient (Wildman–Crippen LogP) is 0.616. The van der Waals surface area contributed by atoms with Gasteiger partial charge in [0.05, 0.1) is 17.2 Å². The fraction of sp³-hybridized carbons (Fsp3) is 0.250. The average Bonchev–Trinajstić information content (AvgIpc) is 2.54. The van der Waals surface area contributed by atoms with E-state index in [1.165, 1.54) is 6.92 Å². The largest absolute Gasteiger partial charge is 0.369 e. The number of amides is 2. The van der Waals surface area contributed by atoms with Gasteiger partial charge in [0.25, 0.3) is 11.7 Å². The molecule has 7 heteroatoms. The summed E-state index contributed by atoms with van der Waals surface area (Å²) in [5.41, 5.74) is 4.43. The third-order valence-corrected chi connectivity index (χ3v) is 2.92. The summed E-state index contributed by atoms with van der Waals surface area (Å²) in [6.45, 7) is 1.22. The van der Waals surface area contributed by atoms with Crippen molar-refractivity contribution >= 4 is 23.3 Å². The quantitative estimate of drug-likeness (QED) is 0.816. The minimum absolute atomic E-state index is 0.227. The van der Waals surface area contributed by atoms with E-state index in [4.69, 9.17) is 5.73 Å². The van der Waals surface area contributed by atoms with Crippen LogP contribution in [0.5, 0.6) is 0 Å². The first-order valence-corrected chi connectivity index (χ1v) is 5.47. The molecule has 0 radical (unpaired) electrons. The van der Waals surface area contributed by atoms with Gasteiger partial charge in [-0.1, -0.05) is 6.92 Å². The Bertz CT molecular complexity index is 601. The van der Waals surface area contributed by atoms with Crippen molar-refractivity contribution in [2.75, 3.05) is 11.4 Å². The molecule has 1 aromatic carbocycles.